The molecule has 0 unspecified atom stereocenters. The Balaban J connectivity index is 2.36. The molecule has 4 heteroatoms. The van der Waals surface area contributed by atoms with E-state index in [1.54, 1.807) is 13.3 Å². The Morgan fingerprint density at radius 2 is 2.00 bits per heavy atom. The van der Waals surface area contributed by atoms with E-state index in [-0.39, 0.29) is 0 Å². The molecule has 20 heavy (non-hydrogen) atoms. The first-order chi connectivity index (χ1) is 9.63. The van der Waals surface area contributed by atoms with Crippen LogP contribution in [0.3, 0.4) is 0 Å². The van der Waals surface area contributed by atoms with Crippen LogP contribution in [0, 0.1) is 6.92 Å². The van der Waals surface area contributed by atoms with E-state index >= 15 is 0 Å². The van der Waals surface area contributed by atoms with Crippen LogP contribution in [0.4, 0.5) is 5.69 Å². The summed E-state index contributed by atoms with van der Waals surface area (Å²) in [7, 11) is 3.74. The largest absolute Gasteiger partial charge is 0.495 e. The smallest absolute Gasteiger partial charge is 0.143 e. The van der Waals surface area contributed by atoms with Crippen molar-refractivity contribution in [3.8, 4) is 17.0 Å². The maximum Gasteiger partial charge on any atom is 0.143 e. The number of fused-ring (bicyclic) bond motifs is 1. The molecule has 4 nitrogen and oxygen atoms in total. The zero-order valence-electron chi connectivity index (χ0n) is 11.8. The van der Waals surface area contributed by atoms with Crippen LogP contribution >= 0.6 is 0 Å². The summed E-state index contributed by atoms with van der Waals surface area (Å²) >= 11 is 0. The van der Waals surface area contributed by atoms with Crippen molar-refractivity contribution >= 4 is 16.6 Å². The number of rotatable bonds is 2. The van der Waals surface area contributed by atoms with Crippen LogP contribution in [0.15, 0.2) is 36.5 Å². The standard InChI is InChI=1S/C16H17N3O/c1-10-15(13-8-7-11(17)9-18-13)12-5-4-6-14(20-3)16(12)19(10)2/h4-9H,17H2,1-3H3. The molecule has 2 heterocycles. The number of nitrogens with two attached hydrogens (primary N) is 1. The Hall–Kier alpha value is -2.49. The average molecular weight is 267 g/mol. The van der Waals surface area contributed by atoms with Gasteiger partial charge in [-0.3, -0.25) is 4.98 Å². The molecule has 0 radical (unpaired) electrons. The fourth-order valence-electron chi connectivity index (χ4n) is 2.64. The summed E-state index contributed by atoms with van der Waals surface area (Å²) < 4.78 is 7.61. The van der Waals surface area contributed by atoms with Crippen molar-refractivity contribution in [3.63, 3.8) is 0 Å². The summed E-state index contributed by atoms with van der Waals surface area (Å²) in [6.07, 6.45) is 1.69. The Bertz CT molecular complexity index is 773. The van der Waals surface area contributed by atoms with E-state index in [9.17, 15) is 0 Å². The van der Waals surface area contributed by atoms with Crippen LogP contribution in [-0.2, 0) is 7.05 Å². The summed E-state index contributed by atoms with van der Waals surface area (Å²) in [6, 6.07) is 9.90. The van der Waals surface area contributed by atoms with Crippen molar-refractivity contribution in [2.75, 3.05) is 12.8 Å². The number of nitrogen functional groups attached to an aromatic ring is 1. The molecule has 0 saturated carbocycles. The summed E-state index contributed by atoms with van der Waals surface area (Å²) in [5, 5.41) is 1.14. The quantitative estimate of drug-likeness (QED) is 0.776. The topological polar surface area (TPSA) is 53.1 Å². The Kier molecular flexibility index (Phi) is 2.86. The van der Waals surface area contributed by atoms with Gasteiger partial charge in [0, 0.05) is 23.7 Å². The molecule has 0 atom stereocenters. The maximum atomic E-state index is 5.72. The number of anilines is 1. The van der Waals surface area contributed by atoms with Gasteiger partial charge in [-0.1, -0.05) is 12.1 Å². The highest BCUT2D eigenvalue weighted by Crippen LogP contribution is 2.37. The molecule has 0 aliphatic rings. The number of methoxy groups -OCH3 is 1. The number of aryl methyl sites for hydroxylation is 1. The summed E-state index contributed by atoms with van der Waals surface area (Å²) in [5.74, 6) is 0.870. The summed E-state index contributed by atoms with van der Waals surface area (Å²) in [4.78, 5) is 4.45. The van der Waals surface area contributed by atoms with Gasteiger partial charge in [0.1, 0.15) is 5.75 Å². The minimum atomic E-state index is 0.671. The molecule has 3 rings (SSSR count). The fourth-order valence-corrected chi connectivity index (χ4v) is 2.64. The molecular formula is C16H17N3O. The number of aromatic nitrogens is 2. The first-order valence-electron chi connectivity index (χ1n) is 6.47. The molecule has 1 aromatic carbocycles. The molecule has 0 aliphatic heterocycles. The SMILES string of the molecule is COc1cccc2c(-c3ccc(N)cn3)c(C)n(C)c12. The third-order valence-electron chi connectivity index (χ3n) is 3.73. The van der Waals surface area contributed by atoms with Crippen molar-refractivity contribution < 1.29 is 4.74 Å². The average Bonchev–Trinajstić information content (AvgIpc) is 2.72. The third-order valence-corrected chi connectivity index (χ3v) is 3.73. The lowest BCUT2D eigenvalue weighted by Crippen LogP contribution is -1.94. The number of nitrogens with zero attached hydrogens (tertiary/aromatic N) is 2. The third kappa shape index (κ3) is 1.72. The minimum Gasteiger partial charge on any atom is -0.495 e. The van der Waals surface area contributed by atoms with E-state index in [0.717, 1.165) is 33.6 Å². The zero-order chi connectivity index (χ0) is 14.3. The van der Waals surface area contributed by atoms with Gasteiger partial charge in [0.15, 0.2) is 0 Å². The summed E-state index contributed by atoms with van der Waals surface area (Å²) in [6.45, 7) is 2.09. The number of hydrogen-bond donors (Lipinski definition) is 1. The van der Waals surface area contributed by atoms with Gasteiger partial charge in [-0.25, -0.2) is 0 Å². The van der Waals surface area contributed by atoms with Gasteiger partial charge < -0.3 is 15.0 Å². The van der Waals surface area contributed by atoms with Gasteiger partial charge in [-0.15, -0.1) is 0 Å². The van der Waals surface area contributed by atoms with Crippen molar-refractivity contribution in [1.82, 2.24) is 9.55 Å². The molecule has 0 saturated heterocycles. The lowest BCUT2D eigenvalue weighted by Gasteiger charge is -2.04. The van der Waals surface area contributed by atoms with E-state index in [1.165, 1.54) is 0 Å². The number of pyridine rings is 1. The zero-order valence-corrected chi connectivity index (χ0v) is 11.8. The highest BCUT2D eigenvalue weighted by molar-refractivity contribution is 6.00. The van der Waals surface area contributed by atoms with E-state index in [1.807, 2.05) is 31.3 Å². The molecule has 2 N–H and O–H groups in total. The summed E-state index contributed by atoms with van der Waals surface area (Å²) in [5.41, 5.74) is 10.7. The van der Waals surface area contributed by atoms with Crippen LogP contribution < -0.4 is 10.5 Å². The number of benzene rings is 1. The van der Waals surface area contributed by atoms with Crippen molar-refractivity contribution in [2.24, 2.45) is 7.05 Å². The van der Waals surface area contributed by atoms with Crippen molar-refractivity contribution in [3.05, 3.63) is 42.2 Å². The van der Waals surface area contributed by atoms with Crippen LogP contribution in [0.25, 0.3) is 22.2 Å². The highest BCUT2D eigenvalue weighted by Gasteiger charge is 2.17. The van der Waals surface area contributed by atoms with E-state index in [0.29, 0.717) is 5.69 Å². The molecule has 0 bridgehead atoms. The van der Waals surface area contributed by atoms with E-state index in [4.69, 9.17) is 10.5 Å². The Morgan fingerprint density at radius 3 is 2.65 bits per heavy atom. The normalized spacial score (nSPS) is 10.9. The molecule has 0 fully saturated rings. The van der Waals surface area contributed by atoms with Gasteiger partial charge in [-0.2, -0.15) is 0 Å². The van der Waals surface area contributed by atoms with Gasteiger partial charge in [0.25, 0.3) is 0 Å². The maximum absolute atomic E-state index is 5.72. The van der Waals surface area contributed by atoms with E-state index < -0.39 is 0 Å². The molecule has 3 aromatic rings. The Morgan fingerprint density at radius 1 is 1.20 bits per heavy atom. The number of ether oxygens (including phenoxy) is 1. The first kappa shape index (κ1) is 12.5. The molecule has 102 valence electrons. The molecular weight excluding hydrogens is 250 g/mol. The number of para-hydroxylation sites is 1. The van der Waals surface area contributed by atoms with Crippen LogP contribution in [0.5, 0.6) is 5.75 Å². The predicted molar refractivity (Wildman–Crippen MR) is 81.9 cm³/mol. The predicted octanol–water partition coefficient (Wildman–Crippen LogP) is 3.14. The lowest BCUT2D eigenvalue weighted by atomic mass is 10.1. The Labute approximate surface area is 117 Å². The van der Waals surface area contributed by atoms with Gasteiger partial charge in [0.05, 0.1) is 30.2 Å². The van der Waals surface area contributed by atoms with Gasteiger partial charge in [0.2, 0.25) is 0 Å². The second-order valence-electron chi connectivity index (χ2n) is 4.85. The van der Waals surface area contributed by atoms with Crippen molar-refractivity contribution in [2.45, 2.75) is 6.92 Å². The minimum absolute atomic E-state index is 0.671. The van der Waals surface area contributed by atoms with Crippen LogP contribution in [0.1, 0.15) is 5.69 Å². The van der Waals surface area contributed by atoms with Crippen LogP contribution in [-0.4, -0.2) is 16.7 Å². The van der Waals surface area contributed by atoms with Crippen molar-refractivity contribution in [1.29, 1.82) is 0 Å². The molecule has 2 aromatic heterocycles. The van der Waals surface area contributed by atoms with Crippen LogP contribution in [0.2, 0.25) is 0 Å². The molecule has 0 aliphatic carbocycles. The second-order valence-corrected chi connectivity index (χ2v) is 4.85. The van der Waals surface area contributed by atoms with E-state index in [2.05, 4.69) is 22.5 Å². The fraction of sp³-hybridized carbons (Fsp3) is 0.188. The molecule has 0 amide bonds. The second kappa shape index (κ2) is 4.56. The lowest BCUT2D eigenvalue weighted by molar-refractivity contribution is 0.418. The molecule has 0 spiro atoms. The first-order valence-corrected chi connectivity index (χ1v) is 6.47. The highest BCUT2D eigenvalue weighted by atomic mass is 16.5. The van der Waals surface area contributed by atoms with Gasteiger partial charge >= 0.3 is 0 Å². The monoisotopic (exact) mass is 267 g/mol. The van der Waals surface area contributed by atoms with Gasteiger partial charge in [-0.05, 0) is 25.1 Å². The number of hydrogen-bond acceptors (Lipinski definition) is 3.